The molecule has 0 radical (unpaired) electrons. The van der Waals surface area contributed by atoms with E-state index >= 15 is 0 Å². The van der Waals surface area contributed by atoms with Crippen molar-refractivity contribution in [3.63, 3.8) is 0 Å². The fraction of sp³-hybridized carbons (Fsp3) is 0.231. The zero-order valence-electron chi connectivity index (χ0n) is 11.8. The molecular formula is C13H15N3O4S. The molecule has 1 aromatic carbocycles. The minimum Gasteiger partial charge on any atom is -0.493 e. The van der Waals surface area contributed by atoms with Crippen LogP contribution in [0.15, 0.2) is 35.4 Å². The van der Waals surface area contributed by atoms with E-state index in [0.29, 0.717) is 17.2 Å². The van der Waals surface area contributed by atoms with Crippen LogP contribution in [0.1, 0.15) is 5.69 Å². The maximum Gasteiger partial charge on any atom is 0.264 e. The molecule has 7 nitrogen and oxygen atoms in total. The van der Waals surface area contributed by atoms with Gasteiger partial charge in [-0.15, -0.1) is 0 Å². The summed E-state index contributed by atoms with van der Waals surface area (Å²) in [5.74, 6) is 0.790. The second-order valence-corrected chi connectivity index (χ2v) is 5.83. The summed E-state index contributed by atoms with van der Waals surface area (Å²) in [4.78, 5) is 7.90. The summed E-state index contributed by atoms with van der Waals surface area (Å²) < 4.78 is 37.1. The minimum atomic E-state index is -3.80. The Balaban J connectivity index is 2.35. The number of nitrogens with one attached hydrogen (secondary N) is 1. The van der Waals surface area contributed by atoms with Crippen LogP contribution in [0.25, 0.3) is 0 Å². The summed E-state index contributed by atoms with van der Waals surface area (Å²) in [6, 6.07) is 5.98. The number of sulfonamides is 1. The third kappa shape index (κ3) is 3.40. The van der Waals surface area contributed by atoms with Gasteiger partial charge in [0.2, 0.25) is 5.95 Å². The van der Waals surface area contributed by atoms with Gasteiger partial charge in [0.15, 0.2) is 11.5 Å². The average Bonchev–Trinajstić information content (AvgIpc) is 2.46. The summed E-state index contributed by atoms with van der Waals surface area (Å²) in [5.41, 5.74) is 0.662. The Bertz CT molecular complexity index is 747. The molecule has 0 bridgehead atoms. The number of benzene rings is 1. The van der Waals surface area contributed by atoms with Crippen molar-refractivity contribution in [1.29, 1.82) is 0 Å². The predicted molar refractivity (Wildman–Crippen MR) is 77.1 cm³/mol. The Morgan fingerprint density at radius 3 is 2.43 bits per heavy atom. The van der Waals surface area contributed by atoms with Crippen molar-refractivity contribution in [2.45, 2.75) is 11.8 Å². The third-order valence-electron chi connectivity index (χ3n) is 2.69. The van der Waals surface area contributed by atoms with E-state index in [1.54, 1.807) is 13.0 Å². The largest absolute Gasteiger partial charge is 0.493 e. The molecule has 0 spiro atoms. The molecule has 0 aliphatic carbocycles. The van der Waals surface area contributed by atoms with Crippen LogP contribution in [0.4, 0.5) is 5.95 Å². The van der Waals surface area contributed by atoms with Gasteiger partial charge in [0, 0.05) is 18.0 Å². The molecule has 0 saturated heterocycles. The molecule has 2 rings (SSSR count). The highest BCUT2D eigenvalue weighted by atomic mass is 32.2. The van der Waals surface area contributed by atoms with Gasteiger partial charge in [-0.2, -0.15) is 0 Å². The van der Waals surface area contributed by atoms with E-state index in [1.807, 2.05) is 0 Å². The molecule has 0 saturated carbocycles. The number of aryl methyl sites for hydroxylation is 1. The first kappa shape index (κ1) is 15.0. The van der Waals surface area contributed by atoms with Gasteiger partial charge in [-0.1, -0.05) is 0 Å². The predicted octanol–water partition coefficient (Wildman–Crippen LogP) is 1.60. The molecule has 21 heavy (non-hydrogen) atoms. The van der Waals surface area contributed by atoms with E-state index < -0.39 is 10.0 Å². The quantitative estimate of drug-likeness (QED) is 0.902. The summed E-state index contributed by atoms with van der Waals surface area (Å²) in [7, 11) is -0.885. The topological polar surface area (TPSA) is 90.4 Å². The van der Waals surface area contributed by atoms with Crippen LogP contribution < -0.4 is 14.2 Å². The highest BCUT2D eigenvalue weighted by Crippen LogP contribution is 2.29. The lowest BCUT2D eigenvalue weighted by Gasteiger charge is -2.11. The van der Waals surface area contributed by atoms with Crippen LogP contribution in [0.3, 0.4) is 0 Å². The monoisotopic (exact) mass is 309 g/mol. The molecule has 0 atom stereocenters. The Labute approximate surface area is 123 Å². The van der Waals surface area contributed by atoms with Gasteiger partial charge in [-0.3, -0.25) is 0 Å². The summed E-state index contributed by atoms with van der Waals surface area (Å²) in [5, 5.41) is 0. The van der Waals surface area contributed by atoms with Crippen LogP contribution in [-0.2, 0) is 10.0 Å². The van der Waals surface area contributed by atoms with Gasteiger partial charge >= 0.3 is 0 Å². The smallest absolute Gasteiger partial charge is 0.264 e. The average molecular weight is 309 g/mol. The highest BCUT2D eigenvalue weighted by Gasteiger charge is 2.18. The molecule has 0 aliphatic heterocycles. The molecular weight excluding hydrogens is 294 g/mol. The number of aromatic nitrogens is 2. The second-order valence-electron chi connectivity index (χ2n) is 4.14. The molecule has 0 unspecified atom stereocenters. The lowest BCUT2D eigenvalue weighted by atomic mass is 10.3. The third-order valence-corrected chi connectivity index (χ3v) is 4.01. The van der Waals surface area contributed by atoms with E-state index in [0.717, 1.165) is 0 Å². The Morgan fingerprint density at radius 1 is 1.10 bits per heavy atom. The molecule has 112 valence electrons. The van der Waals surface area contributed by atoms with Crippen LogP contribution in [0, 0.1) is 6.92 Å². The van der Waals surface area contributed by atoms with Gasteiger partial charge in [0.05, 0.1) is 19.1 Å². The SMILES string of the molecule is COc1ccc(S(=O)(=O)Nc2nccc(C)n2)cc1OC. The zero-order chi connectivity index (χ0) is 15.5. The van der Waals surface area contributed by atoms with Gasteiger partial charge in [-0.05, 0) is 25.1 Å². The Morgan fingerprint density at radius 2 is 1.81 bits per heavy atom. The van der Waals surface area contributed by atoms with Crippen molar-refractivity contribution < 1.29 is 17.9 Å². The van der Waals surface area contributed by atoms with Gasteiger partial charge < -0.3 is 9.47 Å². The Kier molecular flexibility index (Phi) is 4.27. The number of hydrogen-bond acceptors (Lipinski definition) is 6. The maximum absolute atomic E-state index is 12.3. The number of rotatable bonds is 5. The summed E-state index contributed by atoms with van der Waals surface area (Å²) in [6.07, 6.45) is 1.48. The van der Waals surface area contributed by atoms with Crippen molar-refractivity contribution in [3.8, 4) is 11.5 Å². The molecule has 0 amide bonds. The fourth-order valence-electron chi connectivity index (χ4n) is 1.66. The Hall–Kier alpha value is -2.35. The second kappa shape index (κ2) is 5.96. The number of anilines is 1. The van der Waals surface area contributed by atoms with Crippen LogP contribution in [-0.4, -0.2) is 32.6 Å². The summed E-state index contributed by atoms with van der Waals surface area (Å²) >= 11 is 0. The number of nitrogens with zero attached hydrogens (tertiary/aromatic N) is 2. The van der Waals surface area contributed by atoms with Gasteiger partial charge in [-0.25, -0.2) is 23.1 Å². The first-order valence-electron chi connectivity index (χ1n) is 6.01. The number of hydrogen-bond donors (Lipinski definition) is 1. The van der Waals surface area contributed by atoms with E-state index in [9.17, 15) is 8.42 Å². The molecule has 1 heterocycles. The standard InChI is InChI=1S/C13H15N3O4S/c1-9-6-7-14-13(15-9)16-21(17,18)10-4-5-11(19-2)12(8-10)20-3/h4-8H,1-3H3,(H,14,15,16). The van der Waals surface area contributed by atoms with E-state index in [4.69, 9.17) is 9.47 Å². The number of ether oxygens (including phenoxy) is 2. The molecule has 2 aromatic rings. The molecule has 1 N–H and O–H groups in total. The van der Waals surface area contributed by atoms with Crippen molar-refractivity contribution >= 4 is 16.0 Å². The van der Waals surface area contributed by atoms with Gasteiger partial charge in [0.1, 0.15) is 0 Å². The first-order valence-corrected chi connectivity index (χ1v) is 7.49. The molecule has 0 fully saturated rings. The molecule has 1 aromatic heterocycles. The van der Waals surface area contributed by atoms with E-state index in [1.165, 1.54) is 38.6 Å². The van der Waals surface area contributed by atoms with Crippen LogP contribution >= 0.6 is 0 Å². The normalized spacial score (nSPS) is 11.0. The maximum atomic E-state index is 12.3. The zero-order valence-corrected chi connectivity index (χ0v) is 12.6. The van der Waals surface area contributed by atoms with Gasteiger partial charge in [0.25, 0.3) is 10.0 Å². The van der Waals surface area contributed by atoms with Crippen molar-refractivity contribution in [2.24, 2.45) is 0 Å². The summed E-state index contributed by atoms with van der Waals surface area (Å²) in [6.45, 7) is 1.75. The fourth-order valence-corrected chi connectivity index (χ4v) is 2.63. The van der Waals surface area contributed by atoms with E-state index in [2.05, 4.69) is 14.7 Å². The van der Waals surface area contributed by atoms with Crippen molar-refractivity contribution in [2.75, 3.05) is 18.9 Å². The van der Waals surface area contributed by atoms with E-state index in [-0.39, 0.29) is 10.8 Å². The first-order chi connectivity index (χ1) is 9.96. The highest BCUT2D eigenvalue weighted by molar-refractivity contribution is 7.92. The minimum absolute atomic E-state index is 0.0183. The molecule has 0 aliphatic rings. The van der Waals surface area contributed by atoms with Crippen LogP contribution in [0.5, 0.6) is 11.5 Å². The van der Waals surface area contributed by atoms with Crippen LogP contribution in [0.2, 0.25) is 0 Å². The van der Waals surface area contributed by atoms with Crippen molar-refractivity contribution in [3.05, 3.63) is 36.2 Å². The lowest BCUT2D eigenvalue weighted by molar-refractivity contribution is 0.354. The molecule has 8 heteroatoms. The lowest BCUT2D eigenvalue weighted by Crippen LogP contribution is -2.15. The number of methoxy groups -OCH3 is 2. The van der Waals surface area contributed by atoms with Crippen molar-refractivity contribution in [1.82, 2.24) is 9.97 Å².